The number of aromatic nitrogens is 7. The zero-order chi connectivity index (χ0) is 28.1. The molecule has 212 valence electrons. The molecule has 5 aromatic heterocycles. The smallest absolute Gasteiger partial charge is 0.206 e. The first-order valence-corrected chi connectivity index (χ1v) is 14.2. The number of aryl methyl sites for hydroxylation is 2. The third kappa shape index (κ3) is 4.58. The van der Waals surface area contributed by atoms with Crippen molar-refractivity contribution in [3.63, 3.8) is 0 Å². The molecule has 2 aliphatic rings. The van der Waals surface area contributed by atoms with Crippen molar-refractivity contribution in [2.24, 2.45) is 7.05 Å². The lowest BCUT2D eigenvalue weighted by atomic mass is 10.1. The number of anilines is 1. The summed E-state index contributed by atoms with van der Waals surface area (Å²) in [5, 5.41) is 5.79. The number of nitrogens with zero attached hydrogens (tertiary/aromatic N) is 9. The van der Waals surface area contributed by atoms with Gasteiger partial charge in [0.15, 0.2) is 5.82 Å². The van der Waals surface area contributed by atoms with Crippen molar-refractivity contribution in [1.29, 1.82) is 0 Å². The second kappa shape index (κ2) is 10.4. The molecule has 11 heteroatoms. The van der Waals surface area contributed by atoms with Crippen LogP contribution in [0.3, 0.4) is 0 Å². The van der Waals surface area contributed by atoms with Crippen molar-refractivity contribution in [3.8, 4) is 22.8 Å². The standard InChI is InChI=1S/C30H35N9O2/c1-19-21-18-32-39(24(21)15-23(33-19)22-17-31-8-7-26(22)41-4)27-16-25-29(28(34-27)20-5-6-20)35-30(36(25)2)38-11-9-37(10-12-38)13-14-40-3/h7-8,15-18,20H,5-6,9-14H2,1-4H3. The number of imidazole rings is 1. The maximum absolute atomic E-state index is 5.60. The van der Waals surface area contributed by atoms with Crippen LogP contribution in [0.15, 0.2) is 36.8 Å². The lowest BCUT2D eigenvalue weighted by Crippen LogP contribution is -2.48. The molecule has 0 spiro atoms. The molecule has 1 aliphatic heterocycles. The van der Waals surface area contributed by atoms with E-state index in [1.54, 1.807) is 26.6 Å². The molecule has 1 saturated heterocycles. The first-order chi connectivity index (χ1) is 20.1. The van der Waals surface area contributed by atoms with Crippen LogP contribution in [-0.4, -0.2) is 92.7 Å². The van der Waals surface area contributed by atoms with Gasteiger partial charge in [-0.1, -0.05) is 0 Å². The third-order valence-corrected chi connectivity index (χ3v) is 8.34. The van der Waals surface area contributed by atoms with Crippen LogP contribution in [0, 0.1) is 6.92 Å². The van der Waals surface area contributed by atoms with E-state index in [9.17, 15) is 0 Å². The van der Waals surface area contributed by atoms with Crippen LogP contribution < -0.4 is 9.64 Å². The maximum Gasteiger partial charge on any atom is 0.206 e. The van der Waals surface area contributed by atoms with Gasteiger partial charge >= 0.3 is 0 Å². The fourth-order valence-electron chi connectivity index (χ4n) is 5.86. The van der Waals surface area contributed by atoms with Crippen LogP contribution in [0.1, 0.15) is 30.1 Å². The molecule has 5 aromatic rings. The van der Waals surface area contributed by atoms with E-state index in [-0.39, 0.29) is 0 Å². The van der Waals surface area contributed by atoms with Crippen molar-refractivity contribution < 1.29 is 9.47 Å². The molecule has 0 aromatic carbocycles. The summed E-state index contributed by atoms with van der Waals surface area (Å²) >= 11 is 0. The molecule has 41 heavy (non-hydrogen) atoms. The summed E-state index contributed by atoms with van der Waals surface area (Å²) in [6.45, 7) is 7.63. The van der Waals surface area contributed by atoms with Gasteiger partial charge in [0.05, 0.1) is 47.9 Å². The molecule has 11 nitrogen and oxygen atoms in total. The minimum atomic E-state index is 0.437. The van der Waals surface area contributed by atoms with E-state index in [1.807, 2.05) is 23.9 Å². The van der Waals surface area contributed by atoms with Crippen molar-refractivity contribution in [2.45, 2.75) is 25.7 Å². The highest BCUT2D eigenvalue weighted by Gasteiger charge is 2.31. The monoisotopic (exact) mass is 553 g/mol. The highest BCUT2D eigenvalue weighted by Crippen LogP contribution is 2.43. The SMILES string of the molecule is COCCN1CCN(c2nc3c(C4CC4)nc(-n4ncc5c(C)nc(-c6cnccc6OC)cc54)cc3n2C)CC1. The van der Waals surface area contributed by atoms with Crippen LogP contribution >= 0.6 is 0 Å². The molecule has 0 unspecified atom stereocenters. The van der Waals surface area contributed by atoms with E-state index in [4.69, 9.17) is 29.5 Å². The molecular formula is C30H35N9O2. The molecule has 0 atom stereocenters. The molecule has 0 radical (unpaired) electrons. The van der Waals surface area contributed by atoms with E-state index in [0.29, 0.717) is 5.92 Å². The van der Waals surface area contributed by atoms with E-state index in [2.05, 4.69) is 38.5 Å². The molecule has 1 aliphatic carbocycles. The van der Waals surface area contributed by atoms with Crippen LogP contribution in [0.4, 0.5) is 5.95 Å². The second-order valence-corrected chi connectivity index (χ2v) is 11.0. The Balaban J connectivity index is 1.31. The van der Waals surface area contributed by atoms with Crippen molar-refractivity contribution in [1.82, 2.24) is 39.2 Å². The third-order valence-electron chi connectivity index (χ3n) is 8.34. The summed E-state index contributed by atoms with van der Waals surface area (Å²) < 4.78 is 15.0. The van der Waals surface area contributed by atoms with Gasteiger partial charge in [-0.3, -0.25) is 14.9 Å². The van der Waals surface area contributed by atoms with E-state index < -0.39 is 0 Å². The van der Waals surface area contributed by atoms with Crippen molar-refractivity contribution in [3.05, 3.63) is 48.2 Å². The molecule has 0 N–H and O–H groups in total. The van der Waals surface area contributed by atoms with Gasteiger partial charge in [0, 0.05) is 82.3 Å². The number of pyridine rings is 3. The fraction of sp³-hybridized carbons (Fsp3) is 0.433. The normalized spacial score (nSPS) is 16.2. The summed E-state index contributed by atoms with van der Waals surface area (Å²) in [5.41, 5.74) is 6.63. The zero-order valence-corrected chi connectivity index (χ0v) is 24.0. The summed E-state index contributed by atoms with van der Waals surface area (Å²) in [7, 11) is 5.54. The minimum Gasteiger partial charge on any atom is -0.496 e. The van der Waals surface area contributed by atoms with Gasteiger partial charge < -0.3 is 18.9 Å². The number of rotatable bonds is 8. The number of hydrogen-bond acceptors (Lipinski definition) is 9. The second-order valence-electron chi connectivity index (χ2n) is 11.0. The maximum atomic E-state index is 5.60. The van der Waals surface area contributed by atoms with Crippen molar-refractivity contribution >= 4 is 27.9 Å². The Hall–Kier alpha value is -4.09. The number of methoxy groups -OCH3 is 2. The van der Waals surface area contributed by atoms with E-state index >= 15 is 0 Å². The molecule has 2 fully saturated rings. The molecule has 1 saturated carbocycles. The van der Waals surface area contributed by atoms with Gasteiger partial charge in [-0.05, 0) is 31.9 Å². The van der Waals surface area contributed by atoms with Gasteiger partial charge in [0.1, 0.15) is 11.3 Å². The Labute approximate surface area is 238 Å². The first-order valence-electron chi connectivity index (χ1n) is 14.2. The summed E-state index contributed by atoms with van der Waals surface area (Å²) in [6, 6.07) is 6.03. The average molecular weight is 554 g/mol. The molecule has 7 rings (SSSR count). The lowest BCUT2D eigenvalue weighted by molar-refractivity contribution is 0.143. The predicted molar refractivity (Wildman–Crippen MR) is 158 cm³/mol. The van der Waals surface area contributed by atoms with Crippen LogP contribution in [0.5, 0.6) is 5.75 Å². The topological polar surface area (TPSA) is 99.2 Å². The fourth-order valence-corrected chi connectivity index (χ4v) is 5.86. The first kappa shape index (κ1) is 25.8. The van der Waals surface area contributed by atoms with Crippen molar-refractivity contribution in [2.75, 3.05) is 58.5 Å². The quantitative estimate of drug-likeness (QED) is 0.285. The van der Waals surface area contributed by atoms with Gasteiger partial charge in [0.25, 0.3) is 0 Å². The molecule has 0 bridgehead atoms. The number of hydrogen-bond donors (Lipinski definition) is 0. The highest BCUT2D eigenvalue weighted by atomic mass is 16.5. The zero-order valence-electron chi connectivity index (χ0n) is 24.0. The number of piperazine rings is 1. The summed E-state index contributed by atoms with van der Waals surface area (Å²) in [6.07, 6.45) is 7.67. The Bertz CT molecular complexity index is 1730. The lowest BCUT2D eigenvalue weighted by Gasteiger charge is -2.35. The van der Waals surface area contributed by atoms with Gasteiger partial charge in [0.2, 0.25) is 5.95 Å². The van der Waals surface area contributed by atoms with Crippen LogP contribution in [-0.2, 0) is 11.8 Å². The number of fused-ring (bicyclic) bond motifs is 2. The Morgan fingerprint density at radius 3 is 2.56 bits per heavy atom. The Morgan fingerprint density at radius 1 is 0.976 bits per heavy atom. The van der Waals surface area contributed by atoms with Gasteiger partial charge in [-0.2, -0.15) is 5.10 Å². The highest BCUT2D eigenvalue weighted by molar-refractivity contribution is 5.88. The largest absolute Gasteiger partial charge is 0.496 e. The predicted octanol–water partition coefficient (Wildman–Crippen LogP) is 3.73. The van der Waals surface area contributed by atoms with Gasteiger partial charge in [-0.25, -0.2) is 14.6 Å². The van der Waals surface area contributed by atoms with E-state index in [1.165, 1.54) is 0 Å². The molecule has 0 amide bonds. The summed E-state index contributed by atoms with van der Waals surface area (Å²) in [5.74, 6) is 2.97. The minimum absolute atomic E-state index is 0.437. The number of ether oxygens (including phenoxy) is 2. The van der Waals surface area contributed by atoms with Gasteiger partial charge in [-0.15, -0.1) is 0 Å². The summed E-state index contributed by atoms with van der Waals surface area (Å²) in [4.78, 5) is 24.4. The Kier molecular flexibility index (Phi) is 6.55. The van der Waals surface area contributed by atoms with Crippen LogP contribution in [0.2, 0.25) is 0 Å². The molecule has 6 heterocycles. The van der Waals surface area contributed by atoms with Crippen LogP contribution in [0.25, 0.3) is 39.0 Å². The molecular weight excluding hydrogens is 518 g/mol. The Morgan fingerprint density at radius 2 is 1.80 bits per heavy atom. The average Bonchev–Trinajstić information content (AvgIpc) is 3.68. The van der Waals surface area contributed by atoms with E-state index in [0.717, 1.165) is 114 Å².